The Morgan fingerprint density at radius 2 is 1.81 bits per heavy atom. The Balaban J connectivity index is 4.25. The van der Waals surface area contributed by atoms with Gasteiger partial charge in [-0.1, -0.05) is 27.7 Å². The predicted octanol–water partition coefficient (Wildman–Crippen LogP) is 0.00970. The van der Waals surface area contributed by atoms with Crippen molar-refractivity contribution in [3.8, 4) is 0 Å². The molecular formula is C15H32N4O2. The third kappa shape index (κ3) is 6.54. The SMILES string of the molecule is CCC(C)(C(=O)C(N)CC(=O)NCCNCCN)C(C)C. The van der Waals surface area contributed by atoms with Crippen LogP contribution in [0.2, 0.25) is 0 Å². The Kier molecular flexibility index (Phi) is 9.41. The third-order valence-corrected chi connectivity index (χ3v) is 4.26. The fourth-order valence-corrected chi connectivity index (χ4v) is 2.17. The van der Waals surface area contributed by atoms with Gasteiger partial charge in [-0.15, -0.1) is 0 Å². The van der Waals surface area contributed by atoms with Crippen LogP contribution in [0.4, 0.5) is 0 Å². The molecule has 0 rings (SSSR count). The van der Waals surface area contributed by atoms with E-state index in [9.17, 15) is 9.59 Å². The molecule has 0 saturated carbocycles. The van der Waals surface area contributed by atoms with Crippen LogP contribution < -0.4 is 22.1 Å². The molecular weight excluding hydrogens is 268 g/mol. The number of ketones is 1. The summed E-state index contributed by atoms with van der Waals surface area (Å²) in [6.07, 6.45) is 0.764. The second-order valence-electron chi connectivity index (χ2n) is 5.99. The van der Waals surface area contributed by atoms with E-state index in [1.54, 1.807) is 0 Å². The van der Waals surface area contributed by atoms with Crippen molar-refractivity contribution in [3.63, 3.8) is 0 Å². The number of amides is 1. The minimum absolute atomic E-state index is 0.0311. The van der Waals surface area contributed by atoms with Crippen LogP contribution in [0.25, 0.3) is 0 Å². The minimum Gasteiger partial charge on any atom is -0.355 e. The van der Waals surface area contributed by atoms with Crippen molar-refractivity contribution >= 4 is 11.7 Å². The second kappa shape index (κ2) is 9.87. The largest absolute Gasteiger partial charge is 0.355 e. The number of nitrogens with one attached hydrogen (secondary N) is 2. The molecule has 21 heavy (non-hydrogen) atoms. The lowest BCUT2D eigenvalue weighted by atomic mass is 9.71. The maximum atomic E-state index is 12.5. The number of hydrogen-bond donors (Lipinski definition) is 4. The summed E-state index contributed by atoms with van der Waals surface area (Å²) >= 11 is 0. The molecule has 0 aromatic rings. The average molecular weight is 300 g/mol. The van der Waals surface area contributed by atoms with Crippen LogP contribution in [0, 0.1) is 11.3 Å². The van der Waals surface area contributed by atoms with E-state index in [4.69, 9.17) is 11.5 Å². The molecule has 124 valence electrons. The van der Waals surface area contributed by atoms with Gasteiger partial charge in [0, 0.05) is 38.0 Å². The molecule has 1 amide bonds. The van der Waals surface area contributed by atoms with E-state index in [0.29, 0.717) is 19.6 Å². The fraction of sp³-hybridized carbons (Fsp3) is 0.867. The summed E-state index contributed by atoms with van der Waals surface area (Å²) in [5.74, 6) is -0.0198. The summed E-state index contributed by atoms with van der Waals surface area (Å²) in [5.41, 5.74) is 10.8. The van der Waals surface area contributed by atoms with Gasteiger partial charge in [0.15, 0.2) is 5.78 Å². The highest BCUT2D eigenvalue weighted by atomic mass is 16.2. The van der Waals surface area contributed by atoms with E-state index in [0.717, 1.165) is 13.0 Å². The van der Waals surface area contributed by atoms with Gasteiger partial charge in [0.2, 0.25) is 5.91 Å². The predicted molar refractivity (Wildman–Crippen MR) is 85.8 cm³/mol. The van der Waals surface area contributed by atoms with E-state index in [1.165, 1.54) is 0 Å². The first-order chi connectivity index (χ1) is 9.79. The van der Waals surface area contributed by atoms with E-state index in [1.807, 2.05) is 27.7 Å². The van der Waals surface area contributed by atoms with Gasteiger partial charge < -0.3 is 22.1 Å². The lowest BCUT2D eigenvalue weighted by Crippen LogP contribution is -2.47. The number of Topliss-reactive ketones (excluding diaryl/α,β-unsaturated/α-hetero) is 1. The summed E-state index contributed by atoms with van der Waals surface area (Å²) in [6.45, 7) is 10.4. The van der Waals surface area contributed by atoms with Crippen molar-refractivity contribution in [3.05, 3.63) is 0 Å². The molecule has 0 saturated heterocycles. The van der Waals surface area contributed by atoms with Gasteiger partial charge >= 0.3 is 0 Å². The van der Waals surface area contributed by atoms with Crippen molar-refractivity contribution in [2.45, 2.75) is 46.6 Å². The lowest BCUT2D eigenvalue weighted by Gasteiger charge is -2.33. The van der Waals surface area contributed by atoms with Crippen molar-refractivity contribution in [1.29, 1.82) is 0 Å². The molecule has 0 fully saturated rings. The molecule has 0 radical (unpaired) electrons. The number of carbonyl (C=O) groups is 2. The molecule has 0 spiro atoms. The van der Waals surface area contributed by atoms with Crippen LogP contribution in [0.3, 0.4) is 0 Å². The van der Waals surface area contributed by atoms with Crippen molar-refractivity contribution in [1.82, 2.24) is 10.6 Å². The standard InChI is InChI=1S/C15H32N4O2/c1-5-15(4,11(2)3)14(21)12(17)10-13(20)19-9-8-18-7-6-16/h11-12,18H,5-10,16-17H2,1-4H3,(H,19,20). The molecule has 0 aromatic heterocycles. The zero-order chi connectivity index (χ0) is 16.5. The summed E-state index contributed by atoms with van der Waals surface area (Å²) in [4.78, 5) is 24.2. The highest BCUT2D eigenvalue weighted by Crippen LogP contribution is 2.33. The molecule has 0 aliphatic carbocycles. The van der Waals surface area contributed by atoms with E-state index >= 15 is 0 Å². The van der Waals surface area contributed by atoms with Gasteiger partial charge in [-0.2, -0.15) is 0 Å². The van der Waals surface area contributed by atoms with Gasteiger partial charge in [0.1, 0.15) is 0 Å². The smallest absolute Gasteiger partial charge is 0.222 e. The number of rotatable bonds is 11. The Hall–Kier alpha value is -0.980. The summed E-state index contributed by atoms with van der Waals surface area (Å²) < 4.78 is 0. The van der Waals surface area contributed by atoms with E-state index in [2.05, 4.69) is 10.6 Å². The van der Waals surface area contributed by atoms with E-state index < -0.39 is 11.5 Å². The van der Waals surface area contributed by atoms with Crippen LogP contribution in [-0.4, -0.2) is 43.9 Å². The molecule has 0 bridgehead atoms. The number of carbonyl (C=O) groups excluding carboxylic acids is 2. The van der Waals surface area contributed by atoms with Gasteiger partial charge in [-0.25, -0.2) is 0 Å². The normalized spacial score (nSPS) is 15.6. The third-order valence-electron chi connectivity index (χ3n) is 4.26. The first-order valence-corrected chi connectivity index (χ1v) is 7.77. The summed E-state index contributed by atoms with van der Waals surface area (Å²) in [6, 6.07) is -0.741. The zero-order valence-electron chi connectivity index (χ0n) is 13.9. The van der Waals surface area contributed by atoms with Crippen LogP contribution in [-0.2, 0) is 9.59 Å². The second-order valence-corrected chi connectivity index (χ2v) is 5.99. The first-order valence-electron chi connectivity index (χ1n) is 7.77. The molecule has 0 aromatic carbocycles. The summed E-state index contributed by atoms with van der Waals surface area (Å²) in [7, 11) is 0. The minimum atomic E-state index is -0.741. The van der Waals surface area contributed by atoms with Gasteiger partial charge in [-0.3, -0.25) is 9.59 Å². The van der Waals surface area contributed by atoms with Crippen LogP contribution in [0.15, 0.2) is 0 Å². The monoisotopic (exact) mass is 300 g/mol. The molecule has 6 heteroatoms. The highest BCUT2D eigenvalue weighted by Gasteiger charge is 2.38. The first kappa shape index (κ1) is 20.0. The van der Waals surface area contributed by atoms with Crippen LogP contribution in [0.1, 0.15) is 40.5 Å². The van der Waals surface area contributed by atoms with Crippen LogP contribution in [0.5, 0.6) is 0 Å². The number of hydrogen-bond acceptors (Lipinski definition) is 5. The van der Waals surface area contributed by atoms with Crippen molar-refractivity contribution < 1.29 is 9.59 Å². The maximum Gasteiger partial charge on any atom is 0.222 e. The molecule has 6 N–H and O–H groups in total. The van der Waals surface area contributed by atoms with Gasteiger partial charge in [0.05, 0.1) is 6.04 Å². The summed E-state index contributed by atoms with van der Waals surface area (Å²) in [5, 5.41) is 5.83. The molecule has 2 atom stereocenters. The Morgan fingerprint density at radius 3 is 2.29 bits per heavy atom. The quantitative estimate of drug-likeness (QED) is 0.402. The average Bonchev–Trinajstić information content (AvgIpc) is 2.44. The Morgan fingerprint density at radius 1 is 1.19 bits per heavy atom. The molecule has 6 nitrogen and oxygen atoms in total. The van der Waals surface area contributed by atoms with Crippen LogP contribution >= 0.6 is 0 Å². The van der Waals surface area contributed by atoms with E-state index in [-0.39, 0.29) is 24.0 Å². The molecule has 0 aliphatic heterocycles. The fourth-order valence-electron chi connectivity index (χ4n) is 2.17. The molecule has 2 unspecified atom stereocenters. The lowest BCUT2D eigenvalue weighted by molar-refractivity contribution is -0.134. The zero-order valence-corrected chi connectivity index (χ0v) is 13.9. The van der Waals surface area contributed by atoms with Crippen molar-refractivity contribution in [2.75, 3.05) is 26.2 Å². The highest BCUT2D eigenvalue weighted by molar-refractivity contribution is 5.93. The topological polar surface area (TPSA) is 110 Å². The maximum absolute atomic E-state index is 12.5. The molecule has 0 aliphatic rings. The van der Waals surface area contributed by atoms with Gasteiger partial charge in [0.25, 0.3) is 0 Å². The Bertz CT molecular complexity index is 334. The van der Waals surface area contributed by atoms with Gasteiger partial charge in [-0.05, 0) is 12.3 Å². The molecule has 0 heterocycles. The van der Waals surface area contributed by atoms with Crippen molar-refractivity contribution in [2.24, 2.45) is 22.8 Å². The number of nitrogens with two attached hydrogens (primary N) is 2. The Labute approximate surface area is 128 Å².